The molecule has 5 N–H and O–H groups in total. The van der Waals surface area contributed by atoms with Crippen LogP contribution in [-0.2, 0) is 9.59 Å². The maximum atomic E-state index is 10.5. The van der Waals surface area contributed by atoms with Crippen molar-refractivity contribution >= 4 is 11.9 Å². The fourth-order valence-corrected chi connectivity index (χ4v) is 0.899. The van der Waals surface area contributed by atoms with E-state index in [1.54, 1.807) is 0 Å². The Morgan fingerprint density at radius 2 is 1.92 bits per heavy atom. The van der Waals surface area contributed by atoms with Gasteiger partial charge in [0.15, 0.2) is 0 Å². The van der Waals surface area contributed by atoms with Gasteiger partial charge >= 0.3 is 11.9 Å². The van der Waals surface area contributed by atoms with Gasteiger partial charge in [0.25, 0.3) is 0 Å². The van der Waals surface area contributed by atoms with Crippen molar-refractivity contribution < 1.29 is 24.9 Å². The molecule has 76 valence electrons. The van der Waals surface area contributed by atoms with Gasteiger partial charge in [-0.2, -0.15) is 0 Å². The van der Waals surface area contributed by atoms with E-state index in [9.17, 15) is 14.7 Å². The quantitative estimate of drug-likeness (QED) is 0.423. The first-order valence-corrected chi connectivity index (χ1v) is 3.77. The summed E-state index contributed by atoms with van der Waals surface area (Å²) >= 11 is 0. The Labute approximate surface area is 75.0 Å². The molecule has 0 aromatic heterocycles. The van der Waals surface area contributed by atoms with E-state index in [-0.39, 0.29) is 6.42 Å². The van der Waals surface area contributed by atoms with Crippen LogP contribution in [0.1, 0.15) is 19.8 Å². The second kappa shape index (κ2) is 4.20. The number of aliphatic hydroxyl groups is 1. The average Bonchev–Trinajstić information content (AvgIpc) is 1.99. The SMILES string of the molecule is CCC(N)(O)C(CC(=O)O)C(=O)O. The molecule has 0 aliphatic rings. The predicted molar refractivity (Wildman–Crippen MR) is 42.8 cm³/mol. The van der Waals surface area contributed by atoms with Gasteiger partial charge in [0.05, 0.1) is 6.42 Å². The zero-order valence-electron chi connectivity index (χ0n) is 7.23. The molecule has 13 heavy (non-hydrogen) atoms. The first-order chi connectivity index (χ1) is 5.81. The molecule has 2 atom stereocenters. The van der Waals surface area contributed by atoms with Crippen molar-refractivity contribution in [2.75, 3.05) is 0 Å². The van der Waals surface area contributed by atoms with Crippen molar-refractivity contribution in [3.63, 3.8) is 0 Å². The lowest BCUT2D eigenvalue weighted by atomic mass is 9.91. The second-order valence-electron chi connectivity index (χ2n) is 2.83. The molecule has 2 unspecified atom stereocenters. The zero-order valence-corrected chi connectivity index (χ0v) is 7.23. The molecule has 0 aliphatic carbocycles. The number of carboxylic acids is 2. The molecule has 0 heterocycles. The Hall–Kier alpha value is -1.14. The van der Waals surface area contributed by atoms with Crippen molar-refractivity contribution in [2.45, 2.75) is 25.5 Å². The monoisotopic (exact) mass is 191 g/mol. The molecule has 0 bridgehead atoms. The lowest BCUT2D eigenvalue weighted by molar-refractivity contribution is -0.159. The van der Waals surface area contributed by atoms with Crippen LogP contribution in [0.25, 0.3) is 0 Å². The Morgan fingerprint density at radius 3 is 2.15 bits per heavy atom. The van der Waals surface area contributed by atoms with Gasteiger partial charge in [-0.05, 0) is 6.42 Å². The van der Waals surface area contributed by atoms with E-state index < -0.39 is 30.0 Å². The van der Waals surface area contributed by atoms with E-state index in [1.807, 2.05) is 0 Å². The molecule has 6 nitrogen and oxygen atoms in total. The van der Waals surface area contributed by atoms with Crippen LogP contribution in [0.3, 0.4) is 0 Å². The summed E-state index contributed by atoms with van der Waals surface area (Å²) in [6.45, 7) is 1.48. The minimum absolute atomic E-state index is 0.0166. The molecule has 0 aliphatic heterocycles. The first-order valence-electron chi connectivity index (χ1n) is 3.77. The van der Waals surface area contributed by atoms with Crippen LogP contribution in [-0.4, -0.2) is 33.0 Å². The molecule has 0 radical (unpaired) electrons. The third-order valence-electron chi connectivity index (χ3n) is 1.85. The van der Waals surface area contributed by atoms with E-state index >= 15 is 0 Å². The van der Waals surface area contributed by atoms with Gasteiger partial charge in [0.1, 0.15) is 11.6 Å². The smallest absolute Gasteiger partial charge is 0.311 e. The summed E-state index contributed by atoms with van der Waals surface area (Å²) in [4.78, 5) is 20.8. The summed E-state index contributed by atoms with van der Waals surface area (Å²) in [7, 11) is 0. The van der Waals surface area contributed by atoms with Crippen LogP contribution in [0.4, 0.5) is 0 Å². The predicted octanol–water partition coefficient (Wildman–Crippen LogP) is -0.781. The zero-order chi connectivity index (χ0) is 10.6. The standard InChI is InChI=1S/C7H13NO5/c1-2-7(8,13)4(6(11)12)3-5(9)10/h4,13H,2-3,8H2,1H3,(H,9,10)(H,11,12). The largest absolute Gasteiger partial charge is 0.481 e. The van der Waals surface area contributed by atoms with Crippen molar-refractivity contribution in [1.82, 2.24) is 0 Å². The van der Waals surface area contributed by atoms with Gasteiger partial charge in [0.2, 0.25) is 0 Å². The highest BCUT2D eigenvalue weighted by Gasteiger charge is 2.38. The topological polar surface area (TPSA) is 121 Å². The van der Waals surface area contributed by atoms with E-state index in [0.717, 1.165) is 0 Å². The maximum Gasteiger partial charge on any atom is 0.311 e. The fraction of sp³-hybridized carbons (Fsp3) is 0.714. The van der Waals surface area contributed by atoms with Crippen LogP contribution < -0.4 is 5.73 Å². The highest BCUT2D eigenvalue weighted by atomic mass is 16.4. The molecular weight excluding hydrogens is 178 g/mol. The minimum Gasteiger partial charge on any atom is -0.481 e. The third-order valence-corrected chi connectivity index (χ3v) is 1.85. The lowest BCUT2D eigenvalue weighted by Gasteiger charge is -2.27. The molecule has 0 rings (SSSR count). The summed E-state index contributed by atoms with van der Waals surface area (Å²) in [5, 5.41) is 26.3. The summed E-state index contributed by atoms with van der Waals surface area (Å²) in [6.07, 6.45) is -0.701. The Bertz CT molecular complexity index is 213. The van der Waals surface area contributed by atoms with Gasteiger partial charge in [-0.25, -0.2) is 0 Å². The number of hydrogen-bond acceptors (Lipinski definition) is 4. The number of carboxylic acid groups (broad SMARTS) is 2. The van der Waals surface area contributed by atoms with Gasteiger partial charge in [-0.3, -0.25) is 9.59 Å². The highest BCUT2D eigenvalue weighted by molar-refractivity contribution is 5.78. The highest BCUT2D eigenvalue weighted by Crippen LogP contribution is 2.19. The Kier molecular flexibility index (Phi) is 3.83. The van der Waals surface area contributed by atoms with Crippen LogP contribution in [0.2, 0.25) is 0 Å². The second-order valence-corrected chi connectivity index (χ2v) is 2.83. The van der Waals surface area contributed by atoms with Crippen molar-refractivity contribution in [1.29, 1.82) is 0 Å². The van der Waals surface area contributed by atoms with E-state index in [2.05, 4.69) is 0 Å². The molecule has 0 saturated heterocycles. The van der Waals surface area contributed by atoms with E-state index in [0.29, 0.717) is 0 Å². The number of carbonyl (C=O) groups is 2. The first kappa shape index (κ1) is 11.9. The van der Waals surface area contributed by atoms with Crippen LogP contribution in [0, 0.1) is 5.92 Å². The average molecular weight is 191 g/mol. The molecule has 0 aromatic rings. The summed E-state index contributed by atoms with van der Waals surface area (Å²) in [6, 6.07) is 0. The van der Waals surface area contributed by atoms with Gasteiger partial charge in [-0.15, -0.1) is 0 Å². The fourth-order valence-electron chi connectivity index (χ4n) is 0.899. The number of aliphatic carboxylic acids is 2. The van der Waals surface area contributed by atoms with Crippen LogP contribution in [0.5, 0.6) is 0 Å². The van der Waals surface area contributed by atoms with Crippen molar-refractivity contribution in [3.05, 3.63) is 0 Å². The molecule has 0 amide bonds. The van der Waals surface area contributed by atoms with E-state index in [1.165, 1.54) is 6.92 Å². The minimum atomic E-state index is -1.97. The molecular formula is C7H13NO5. The Morgan fingerprint density at radius 1 is 1.46 bits per heavy atom. The number of rotatable bonds is 5. The van der Waals surface area contributed by atoms with E-state index in [4.69, 9.17) is 15.9 Å². The van der Waals surface area contributed by atoms with Gasteiger partial charge in [-0.1, -0.05) is 6.92 Å². The summed E-state index contributed by atoms with van der Waals surface area (Å²) in [5.74, 6) is -4.19. The number of nitrogens with two attached hydrogens (primary N) is 1. The molecule has 0 spiro atoms. The normalized spacial score (nSPS) is 17.5. The summed E-state index contributed by atoms with van der Waals surface area (Å²) < 4.78 is 0. The third kappa shape index (κ3) is 3.39. The Balaban J connectivity index is 4.60. The van der Waals surface area contributed by atoms with Crippen molar-refractivity contribution in [3.8, 4) is 0 Å². The van der Waals surface area contributed by atoms with Crippen LogP contribution in [0.15, 0.2) is 0 Å². The molecule has 0 aromatic carbocycles. The van der Waals surface area contributed by atoms with Gasteiger partial charge in [0, 0.05) is 0 Å². The summed E-state index contributed by atoms with van der Waals surface area (Å²) in [5.41, 5.74) is 3.25. The maximum absolute atomic E-state index is 10.5. The number of hydrogen-bond donors (Lipinski definition) is 4. The molecule has 6 heteroatoms. The lowest BCUT2D eigenvalue weighted by Crippen LogP contribution is -2.50. The molecule has 0 fully saturated rings. The van der Waals surface area contributed by atoms with Crippen LogP contribution >= 0.6 is 0 Å². The molecule has 0 saturated carbocycles. The van der Waals surface area contributed by atoms with Gasteiger partial charge < -0.3 is 21.1 Å². The van der Waals surface area contributed by atoms with Crippen molar-refractivity contribution in [2.24, 2.45) is 11.7 Å².